The Balaban J connectivity index is 1.72. The van der Waals surface area contributed by atoms with Crippen molar-refractivity contribution >= 4 is 61.5 Å². The molecule has 1 saturated heterocycles. The van der Waals surface area contributed by atoms with E-state index in [1.54, 1.807) is 0 Å². The molecule has 4 rings (SSSR count). The fourth-order valence-electron chi connectivity index (χ4n) is 3.52. The Morgan fingerprint density at radius 1 is 1.03 bits per heavy atom. The van der Waals surface area contributed by atoms with Gasteiger partial charge in [0.05, 0.1) is 14.7 Å². The topological polar surface area (TPSA) is 72.9 Å². The summed E-state index contributed by atoms with van der Waals surface area (Å²) in [6.07, 6.45) is -0.696. The zero-order valence-corrected chi connectivity index (χ0v) is 20.8. The van der Waals surface area contributed by atoms with Crippen LogP contribution in [-0.4, -0.2) is 33.9 Å². The molecule has 2 aliphatic rings. The van der Waals surface area contributed by atoms with E-state index in [9.17, 15) is 14.4 Å². The number of esters is 2. The van der Waals surface area contributed by atoms with Crippen molar-refractivity contribution in [1.82, 2.24) is 4.90 Å². The van der Waals surface area contributed by atoms with E-state index in [-0.39, 0.29) is 28.5 Å². The number of hydrogen-bond donors (Lipinski definition) is 0. The molecular weight excluding hydrogens is 562 g/mol. The summed E-state index contributed by atoms with van der Waals surface area (Å²) in [6, 6.07) is 18.7. The normalized spacial score (nSPS) is 17.6. The summed E-state index contributed by atoms with van der Waals surface area (Å²) >= 11 is 7.95. The molecule has 0 aliphatic carbocycles. The highest BCUT2D eigenvalue weighted by molar-refractivity contribution is 9.28. The summed E-state index contributed by atoms with van der Waals surface area (Å²) in [5.74, 6) is -1.31. The maximum absolute atomic E-state index is 13.4. The molecule has 0 bridgehead atoms. The molecule has 0 spiro atoms. The number of hydrogen-bond acceptors (Lipinski definition) is 6. The monoisotopic (exact) mass is 577 g/mol. The summed E-state index contributed by atoms with van der Waals surface area (Å²) < 4.78 is 11.8. The number of rotatable bonds is 5. The summed E-state index contributed by atoms with van der Waals surface area (Å²) in [7, 11) is 0. The zero-order valence-electron chi connectivity index (χ0n) is 16.8. The van der Waals surface area contributed by atoms with E-state index in [4.69, 9.17) is 9.47 Å². The number of β-lactam (4-membered cyclic amide) rings is 1. The molecule has 1 amide bonds. The van der Waals surface area contributed by atoms with Crippen LogP contribution in [0, 0.1) is 0 Å². The van der Waals surface area contributed by atoms with Crippen LogP contribution in [0.1, 0.15) is 24.2 Å². The number of ether oxygens (including phenoxy) is 2. The molecule has 2 heterocycles. The molecule has 1 unspecified atom stereocenters. The van der Waals surface area contributed by atoms with Crippen molar-refractivity contribution in [2.24, 2.45) is 0 Å². The Morgan fingerprint density at radius 2 is 1.59 bits per heavy atom. The van der Waals surface area contributed by atoms with Gasteiger partial charge in [-0.25, -0.2) is 4.79 Å². The van der Waals surface area contributed by atoms with E-state index < -0.39 is 18.0 Å². The largest absolute Gasteiger partial charge is 0.448 e. The molecule has 0 aromatic heterocycles. The lowest BCUT2D eigenvalue weighted by Crippen LogP contribution is -2.56. The van der Waals surface area contributed by atoms with Gasteiger partial charge in [0.25, 0.3) is 5.91 Å². The number of carbonyl (C=O) groups is 3. The Bertz CT molecular complexity index is 1090. The van der Waals surface area contributed by atoms with Gasteiger partial charge in [-0.2, -0.15) is 0 Å². The summed E-state index contributed by atoms with van der Waals surface area (Å²) in [5.41, 5.74) is 2.02. The van der Waals surface area contributed by atoms with Crippen molar-refractivity contribution < 1.29 is 23.9 Å². The number of benzene rings is 2. The second-order valence-electron chi connectivity index (χ2n) is 6.98. The average molecular weight is 579 g/mol. The second-order valence-corrected chi connectivity index (χ2v) is 10.7. The molecule has 1 fully saturated rings. The number of carbonyl (C=O) groups excluding carboxylic acids is 3. The molecule has 6 nitrogen and oxygen atoms in total. The first kappa shape index (κ1) is 22.8. The average Bonchev–Trinajstić information content (AvgIpc) is 2.77. The third kappa shape index (κ3) is 4.42. The first-order valence-electron chi connectivity index (χ1n) is 9.61. The van der Waals surface area contributed by atoms with Crippen LogP contribution in [0.15, 0.2) is 81.1 Å². The predicted molar refractivity (Wildman–Crippen MR) is 128 cm³/mol. The Kier molecular flexibility index (Phi) is 6.88. The van der Waals surface area contributed by atoms with Gasteiger partial charge >= 0.3 is 11.9 Å². The van der Waals surface area contributed by atoms with Crippen LogP contribution in [0.25, 0.3) is 0 Å². The maximum atomic E-state index is 13.4. The van der Waals surface area contributed by atoms with E-state index in [2.05, 4.69) is 31.9 Å². The minimum Gasteiger partial charge on any atom is -0.448 e. The van der Waals surface area contributed by atoms with E-state index in [1.165, 1.54) is 23.6 Å². The molecule has 9 heteroatoms. The van der Waals surface area contributed by atoms with Gasteiger partial charge in [0, 0.05) is 6.92 Å². The van der Waals surface area contributed by atoms with E-state index in [0.29, 0.717) is 8.96 Å². The van der Waals surface area contributed by atoms with Crippen LogP contribution in [0.2, 0.25) is 0 Å². The molecule has 2 aromatic carbocycles. The molecular formula is C23H17Br2NO5S. The quantitative estimate of drug-likeness (QED) is 0.282. The molecule has 2 aliphatic heterocycles. The molecule has 1 atom stereocenters. The molecule has 0 radical (unpaired) electrons. The number of fused-ring (bicyclic) bond motifs is 1. The van der Waals surface area contributed by atoms with Crippen molar-refractivity contribution in [3.8, 4) is 0 Å². The molecule has 32 heavy (non-hydrogen) atoms. The third-order valence-corrected chi connectivity index (χ3v) is 6.95. The van der Waals surface area contributed by atoms with Crippen LogP contribution in [-0.2, 0) is 23.9 Å². The van der Waals surface area contributed by atoms with E-state index in [1.807, 2.05) is 60.7 Å². The summed E-state index contributed by atoms with van der Waals surface area (Å²) in [5, 5.41) is -0.384. The number of amides is 1. The first-order chi connectivity index (χ1) is 15.4. The van der Waals surface area contributed by atoms with Crippen molar-refractivity contribution in [2.45, 2.75) is 18.4 Å². The fourth-order valence-corrected chi connectivity index (χ4v) is 5.84. The number of nitrogens with zero attached hydrogens (tertiary/aromatic N) is 1. The Morgan fingerprint density at radius 3 is 2.09 bits per heavy atom. The van der Waals surface area contributed by atoms with Gasteiger partial charge in [0.2, 0.25) is 0 Å². The maximum Gasteiger partial charge on any atom is 0.359 e. The van der Waals surface area contributed by atoms with E-state index >= 15 is 0 Å². The molecule has 164 valence electrons. The van der Waals surface area contributed by atoms with Gasteiger partial charge < -0.3 is 9.47 Å². The van der Waals surface area contributed by atoms with Crippen LogP contribution < -0.4 is 0 Å². The van der Waals surface area contributed by atoms with Crippen molar-refractivity contribution in [3.05, 3.63) is 92.2 Å². The number of halogens is 2. The van der Waals surface area contributed by atoms with Crippen molar-refractivity contribution in [3.63, 3.8) is 0 Å². The van der Waals surface area contributed by atoms with Gasteiger partial charge in [-0.1, -0.05) is 60.7 Å². The SMILES string of the molecule is CC(=O)OC1=C(C(=O)OC(c2ccccc2)c2ccccc2)N2C(=O)C(=C(Br)Br)C2SC1. The van der Waals surface area contributed by atoms with Gasteiger partial charge in [-0.05, 0) is 43.0 Å². The predicted octanol–water partition coefficient (Wildman–Crippen LogP) is 5.01. The fraction of sp³-hybridized carbons (Fsp3) is 0.174. The smallest absolute Gasteiger partial charge is 0.359 e. The summed E-state index contributed by atoms with van der Waals surface area (Å²) in [6.45, 7) is 1.25. The minimum absolute atomic E-state index is 0.0455. The first-order valence-corrected chi connectivity index (χ1v) is 12.2. The van der Waals surface area contributed by atoms with E-state index in [0.717, 1.165) is 11.1 Å². The van der Waals surface area contributed by atoms with Gasteiger partial charge in [-0.3, -0.25) is 14.5 Å². The number of thioether (sulfide) groups is 1. The highest BCUT2D eigenvalue weighted by atomic mass is 79.9. The third-order valence-electron chi connectivity index (χ3n) is 4.90. The standard InChI is InChI=1S/C23H17Br2NO5S/c1-13(27)30-16-12-32-22-17(20(24)25)21(28)26(22)18(16)23(29)31-19(14-8-4-2-5-9-14)15-10-6-3-7-11-15/h2-11,19,22H,12H2,1H3. The van der Waals surface area contributed by atoms with Crippen molar-refractivity contribution in [1.29, 1.82) is 0 Å². The molecule has 2 aromatic rings. The van der Waals surface area contributed by atoms with Crippen LogP contribution in [0.3, 0.4) is 0 Å². The van der Waals surface area contributed by atoms with Gasteiger partial charge in [0.15, 0.2) is 11.8 Å². The van der Waals surface area contributed by atoms with Crippen LogP contribution >= 0.6 is 43.6 Å². The van der Waals surface area contributed by atoms with Gasteiger partial charge in [-0.15, -0.1) is 11.8 Å². The minimum atomic E-state index is -0.734. The lowest BCUT2D eigenvalue weighted by molar-refractivity contribution is -0.150. The second kappa shape index (κ2) is 9.64. The molecule has 0 N–H and O–H groups in total. The molecule has 0 saturated carbocycles. The zero-order chi connectivity index (χ0) is 22.8. The van der Waals surface area contributed by atoms with Crippen molar-refractivity contribution in [2.75, 3.05) is 5.75 Å². The lowest BCUT2D eigenvalue weighted by Gasteiger charge is -2.45. The van der Waals surface area contributed by atoms with Gasteiger partial charge in [0.1, 0.15) is 11.1 Å². The Labute approximate surface area is 205 Å². The Hall–Kier alpha value is -2.36. The highest BCUT2D eigenvalue weighted by Gasteiger charge is 2.52. The van der Waals surface area contributed by atoms with Crippen LogP contribution in [0.5, 0.6) is 0 Å². The van der Waals surface area contributed by atoms with Crippen LogP contribution in [0.4, 0.5) is 0 Å². The lowest BCUT2D eigenvalue weighted by atomic mass is 10.0. The summed E-state index contributed by atoms with van der Waals surface area (Å²) in [4.78, 5) is 39.2. The highest BCUT2D eigenvalue weighted by Crippen LogP contribution is 2.47.